The number of hydrogen-bond acceptors (Lipinski definition) is 4. The molecular formula is C13H17N3O2. The van der Waals surface area contributed by atoms with Gasteiger partial charge in [-0.05, 0) is 6.07 Å². The molecule has 2 rings (SSSR count). The number of aromatic nitrogens is 2. The molecule has 1 heterocycles. The molecule has 5 heteroatoms. The Balaban J connectivity index is 0.000000771. The Morgan fingerprint density at radius 1 is 1.17 bits per heavy atom. The summed E-state index contributed by atoms with van der Waals surface area (Å²) >= 11 is 0. The van der Waals surface area contributed by atoms with E-state index in [1.165, 1.54) is 0 Å². The van der Waals surface area contributed by atoms with Crippen molar-refractivity contribution in [2.75, 3.05) is 14.2 Å². The summed E-state index contributed by atoms with van der Waals surface area (Å²) in [5.41, 5.74) is 1.23. The Labute approximate surface area is 107 Å². The molecule has 0 atom stereocenters. The molecule has 96 valence electrons. The van der Waals surface area contributed by atoms with Gasteiger partial charge in [-0.1, -0.05) is 13.8 Å². The van der Waals surface area contributed by atoms with E-state index in [2.05, 4.69) is 11.2 Å². The first-order chi connectivity index (χ1) is 8.71. The zero-order chi connectivity index (χ0) is 13.7. The fourth-order valence-corrected chi connectivity index (χ4v) is 1.66. The normalized spacial score (nSPS) is 9.33. The van der Waals surface area contributed by atoms with E-state index in [0.717, 1.165) is 10.9 Å². The number of benzene rings is 1. The summed E-state index contributed by atoms with van der Waals surface area (Å²) in [6.45, 7) is 4.00. The highest BCUT2D eigenvalue weighted by Gasteiger charge is 2.13. The molecule has 18 heavy (non-hydrogen) atoms. The van der Waals surface area contributed by atoms with Gasteiger partial charge in [0.05, 0.1) is 19.7 Å². The lowest BCUT2D eigenvalue weighted by atomic mass is 10.2. The standard InChI is InChI=1S/C11H11N3O2.C2H6/c1-14-9(6-12)7-4-10(15-2)11(16-3)5-8(7)13-14;1-2/h4-5H,1-3H3;1-2H3. The van der Waals surface area contributed by atoms with Crippen LogP contribution in [0.25, 0.3) is 10.9 Å². The number of ether oxygens (including phenoxy) is 2. The molecule has 0 radical (unpaired) electrons. The Hall–Kier alpha value is -2.22. The van der Waals surface area contributed by atoms with Gasteiger partial charge in [0, 0.05) is 18.5 Å². The van der Waals surface area contributed by atoms with Crippen molar-refractivity contribution in [2.45, 2.75) is 13.8 Å². The zero-order valence-corrected chi connectivity index (χ0v) is 11.3. The summed E-state index contributed by atoms with van der Waals surface area (Å²) in [5.74, 6) is 1.21. The number of hydrogen-bond donors (Lipinski definition) is 0. The summed E-state index contributed by atoms with van der Waals surface area (Å²) in [7, 11) is 4.86. The van der Waals surface area contributed by atoms with Crippen LogP contribution in [0.2, 0.25) is 0 Å². The average Bonchev–Trinajstić information content (AvgIpc) is 2.73. The number of fused-ring (bicyclic) bond motifs is 1. The minimum absolute atomic E-state index is 0.510. The van der Waals surface area contributed by atoms with Crippen LogP contribution in [-0.2, 0) is 7.05 Å². The Kier molecular flexibility index (Phi) is 4.55. The molecule has 0 aliphatic rings. The second-order valence-electron chi connectivity index (χ2n) is 3.31. The monoisotopic (exact) mass is 247 g/mol. The Morgan fingerprint density at radius 3 is 2.22 bits per heavy atom. The van der Waals surface area contributed by atoms with Crippen molar-refractivity contribution >= 4 is 10.9 Å². The van der Waals surface area contributed by atoms with Crippen LogP contribution in [0, 0.1) is 11.3 Å². The second-order valence-corrected chi connectivity index (χ2v) is 3.31. The second kappa shape index (κ2) is 5.92. The van der Waals surface area contributed by atoms with Gasteiger partial charge in [-0.15, -0.1) is 0 Å². The van der Waals surface area contributed by atoms with E-state index in [4.69, 9.17) is 14.7 Å². The molecule has 0 fully saturated rings. The van der Waals surface area contributed by atoms with E-state index in [-0.39, 0.29) is 0 Å². The van der Waals surface area contributed by atoms with Crippen LogP contribution in [0.15, 0.2) is 12.1 Å². The van der Waals surface area contributed by atoms with Gasteiger partial charge in [0.2, 0.25) is 0 Å². The Morgan fingerprint density at radius 2 is 1.72 bits per heavy atom. The third-order valence-electron chi connectivity index (χ3n) is 2.44. The maximum atomic E-state index is 9.01. The summed E-state index contributed by atoms with van der Waals surface area (Å²) < 4.78 is 11.9. The quantitative estimate of drug-likeness (QED) is 0.818. The van der Waals surface area contributed by atoms with E-state index in [1.807, 2.05) is 13.8 Å². The van der Waals surface area contributed by atoms with Gasteiger partial charge < -0.3 is 9.47 Å². The van der Waals surface area contributed by atoms with Gasteiger partial charge in [-0.2, -0.15) is 10.4 Å². The highest BCUT2D eigenvalue weighted by Crippen LogP contribution is 2.32. The van der Waals surface area contributed by atoms with Gasteiger partial charge in [-0.3, -0.25) is 4.68 Å². The zero-order valence-electron chi connectivity index (χ0n) is 11.3. The molecule has 5 nitrogen and oxygen atoms in total. The molecule has 0 saturated heterocycles. The predicted molar refractivity (Wildman–Crippen MR) is 69.9 cm³/mol. The molecule has 0 spiro atoms. The molecule has 1 aromatic carbocycles. The van der Waals surface area contributed by atoms with Crippen LogP contribution < -0.4 is 9.47 Å². The van der Waals surface area contributed by atoms with Gasteiger partial charge in [0.1, 0.15) is 11.8 Å². The highest BCUT2D eigenvalue weighted by atomic mass is 16.5. The van der Waals surface area contributed by atoms with Crippen LogP contribution in [-0.4, -0.2) is 24.0 Å². The van der Waals surface area contributed by atoms with Crippen LogP contribution in [0.1, 0.15) is 19.5 Å². The van der Waals surface area contributed by atoms with Crippen molar-refractivity contribution in [1.82, 2.24) is 9.78 Å². The first-order valence-electron chi connectivity index (χ1n) is 5.70. The predicted octanol–water partition coefficient (Wildman–Crippen LogP) is 2.49. The fraction of sp³-hybridized carbons (Fsp3) is 0.385. The van der Waals surface area contributed by atoms with Crippen LogP contribution in [0.5, 0.6) is 11.5 Å². The molecule has 2 aromatic rings. The van der Waals surface area contributed by atoms with E-state index in [9.17, 15) is 0 Å². The van der Waals surface area contributed by atoms with E-state index in [0.29, 0.717) is 17.2 Å². The topological polar surface area (TPSA) is 60.1 Å². The summed E-state index contributed by atoms with van der Waals surface area (Å²) in [6, 6.07) is 5.63. The molecule has 0 saturated carbocycles. The molecule has 0 unspecified atom stereocenters. The van der Waals surface area contributed by atoms with Crippen LogP contribution in [0.3, 0.4) is 0 Å². The van der Waals surface area contributed by atoms with Crippen molar-refractivity contribution < 1.29 is 9.47 Å². The van der Waals surface area contributed by atoms with Crippen LogP contribution in [0.4, 0.5) is 0 Å². The lowest BCUT2D eigenvalue weighted by Gasteiger charge is -2.06. The lowest BCUT2D eigenvalue weighted by molar-refractivity contribution is 0.356. The maximum absolute atomic E-state index is 9.01. The lowest BCUT2D eigenvalue weighted by Crippen LogP contribution is -1.92. The average molecular weight is 247 g/mol. The van der Waals surface area contributed by atoms with Gasteiger partial charge >= 0.3 is 0 Å². The summed E-state index contributed by atoms with van der Waals surface area (Å²) in [6.07, 6.45) is 0. The number of aryl methyl sites for hydroxylation is 1. The summed E-state index contributed by atoms with van der Waals surface area (Å²) in [5, 5.41) is 14.0. The van der Waals surface area contributed by atoms with Gasteiger partial charge in [0.25, 0.3) is 0 Å². The molecule has 0 bridgehead atoms. The van der Waals surface area contributed by atoms with Crippen molar-refractivity contribution in [3.05, 3.63) is 17.8 Å². The Bertz CT molecular complexity index is 582. The molecular weight excluding hydrogens is 230 g/mol. The smallest absolute Gasteiger partial charge is 0.162 e. The van der Waals surface area contributed by atoms with Crippen molar-refractivity contribution in [1.29, 1.82) is 5.26 Å². The minimum atomic E-state index is 0.510. The largest absolute Gasteiger partial charge is 0.493 e. The van der Waals surface area contributed by atoms with Crippen molar-refractivity contribution in [2.24, 2.45) is 7.05 Å². The highest BCUT2D eigenvalue weighted by molar-refractivity contribution is 5.87. The first-order valence-corrected chi connectivity index (χ1v) is 5.70. The number of rotatable bonds is 2. The van der Waals surface area contributed by atoms with E-state index >= 15 is 0 Å². The number of nitrogens with zero attached hydrogens (tertiary/aromatic N) is 3. The van der Waals surface area contributed by atoms with Gasteiger partial charge in [-0.25, -0.2) is 0 Å². The van der Waals surface area contributed by atoms with Crippen LogP contribution >= 0.6 is 0 Å². The SMILES string of the molecule is CC.COc1cc2nn(C)c(C#N)c2cc1OC. The molecule has 0 N–H and O–H groups in total. The first kappa shape index (κ1) is 13.8. The molecule has 1 aromatic heterocycles. The van der Waals surface area contributed by atoms with Crippen molar-refractivity contribution in [3.8, 4) is 17.6 Å². The number of nitriles is 1. The van der Waals surface area contributed by atoms with E-state index < -0.39 is 0 Å². The maximum Gasteiger partial charge on any atom is 0.162 e. The summed E-state index contributed by atoms with van der Waals surface area (Å²) in [4.78, 5) is 0. The van der Waals surface area contributed by atoms with E-state index in [1.54, 1.807) is 38.1 Å². The molecule has 0 aliphatic heterocycles. The molecule has 0 amide bonds. The minimum Gasteiger partial charge on any atom is -0.493 e. The number of methoxy groups -OCH3 is 2. The fourth-order valence-electron chi connectivity index (χ4n) is 1.66. The van der Waals surface area contributed by atoms with Gasteiger partial charge in [0.15, 0.2) is 11.5 Å². The third kappa shape index (κ3) is 2.23. The third-order valence-corrected chi connectivity index (χ3v) is 2.44. The molecule has 0 aliphatic carbocycles. The van der Waals surface area contributed by atoms with Crippen molar-refractivity contribution in [3.63, 3.8) is 0 Å².